The molecule has 1 amide bonds. The second kappa shape index (κ2) is 8.78. The number of benzene rings is 2. The van der Waals surface area contributed by atoms with E-state index >= 15 is 0 Å². The third kappa shape index (κ3) is 3.68. The van der Waals surface area contributed by atoms with Gasteiger partial charge in [0.25, 0.3) is 0 Å². The van der Waals surface area contributed by atoms with Crippen molar-refractivity contribution < 1.29 is 14.3 Å². The Hall–Kier alpha value is -3.13. The molecule has 5 rings (SSSR count). The minimum absolute atomic E-state index is 0.0174. The predicted molar refractivity (Wildman–Crippen MR) is 121 cm³/mol. The normalized spacial score (nSPS) is 23.3. The summed E-state index contributed by atoms with van der Waals surface area (Å²) in [5.74, 6) is 0.330. The van der Waals surface area contributed by atoms with Crippen molar-refractivity contribution in [1.29, 1.82) is 5.26 Å². The Morgan fingerprint density at radius 1 is 0.969 bits per heavy atom. The van der Waals surface area contributed by atoms with Crippen LogP contribution >= 0.6 is 0 Å². The molecule has 2 heterocycles. The maximum absolute atomic E-state index is 13.1. The maximum Gasteiger partial charge on any atom is 0.410 e. The number of nitrogens with zero attached hydrogens (tertiary/aromatic N) is 2. The first-order chi connectivity index (χ1) is 15.7. The van der Waals surface area contributed by atoms with Crippen LogP contribution in [-0.2, 0) is 9.53 Å². The lowest BCUT2D eigenvalue weighted by Gasteiger charge is -2.37. The summed E-state index contributed by atoms with van der Waals surface area (Å²) < 4.78 is 5.90. The highest BCUT2D eigenvalue weighted by atomic mass is 16.6. The van der Waals surface area contributed by atoms with Gasteiger partial charge >= 0.3 is 6.09 Å². The van der Waals surface area contributed by atoms with Crippen molar-refractivity contribution >= 4 is 11.9 Å². The Morgan fingerprint density at radius 3 is 2.16 bits per heavy atom. The van der Waals surface area contributed by atoms with Crippen molar-refractivity contribution in [2.24, 2.45) is 5.92 Å². The molecule has 164 valence electrons. The monoisotopic (exact) mass is 428 g/mol. The topological polar surface area (TPSA) is 70.4 Å². The molecular formula is C27H28N2O3. The summed E-state index contributed by atoms with van der Waals surface area (Å²) in [4.78, 5) is 27.6. The van der Waals surface area contributed by atoms with Crippen LogP contribution in [0.15, 0.2) is 48.5 Å². The van der Waals surface area contributed by atoms with Crippen molar-refractivity contribution in [3.8, 4) is 17.2 Å². The number of nitriles is 1. The SMILES string of the molecule is N#CCCCC(=O)C1CC2CCC(C1)N2C(=O)OCC1c2ccccc2-c2ccccc21. The minimum atomic E-state index is -0.241. The first-order valence-corrected chi connectivity index (χ1v) is 11.7. The van der Waals surface area contributed by atoms with E-state index in [-0.39, 0.29) is 35.8 Å². The minimum Gasteiger partial charge on any atom is -0.448 e. The van der Waals surface area contributed by atoms with Gasteiger partial charge in [0, 0.05) is 36.8 Å². The van der Waals surface area contributed by atoms with Gasteiger partial charge in [-0.15, -0.1) is 0 Å². The molecule has 2 aromatic rings. The molecule has 2 bridgehead atoms. The molecule has 5 nitrogen and oxygen atoms in total. The number of piperidine rings is 1. The van der Waals surface area contributed by atoms with E-state index in [2.05, 4.69) is 30.3 Å². The molecule has 0 aromatic heterocycles. The molecule has 0 N–H and O–H groups in total. The number of carbonyl (C=O) groups excluding carboxylic acids is 2. The third-order valence-corrected chi connectivity index (χ3v) is 7.45. The number of ketones is 1. The number of amides is 1. The smallest absolute Gasteiger partial charge is 0.410 e. The predicted octanol–water partition coefficient (Wildman–Crippen LogP) is 5.44. The zero-order valence-electron chi connectivity index (χ0n) is 18.2. The molecule has 2 fully saturated rings. The van der Waals surface area contributed by atoms with Crippen LogP contribution in [0, 0.1) is 17.2 Å². The van der Waals surface area contributed by atoms with Gasteiger partial charge in [-0.3, -0.25) is 4.79 Å². The highest BCUT2D eigenvalue weighted by molar-refractivity contribution is 5.82. The first-order valence-electron chi connectivity index (χ1n) is 11.7. The molecule has 2 saturated heterocycles. The average molecular weight is 429 g/mol. The molecule has 3 aliphatic rings. The van der Waals surface area contributed by atoms with Gasteiger partial charge in [0.1, 0.15) is 12.4 Å². The van der Waals surface area contributed by atoms with Crippen LogP contribution in [0.1, 0.15) is 62.0 Å². The van der Waals surface area contributed by atoms with Gasteiger partial charge < -0.3 is 9.64 Å². The largest absolute Gasteiger partial charge is 0.448 e. The van der Waals surface area contributed by atoms with Crippen molar-refractivity contribution in [3.63, 3.8) is 0 Å². The Morgan fingerprint density at radius 2 is 1.56 bits per heavy atom. The van der Waals surface area contributed by atoms with Gasteiger partial charge in [0.15, 0.2) is 0 Å². The molecule has 0 radical (unpaired) electrons. The highest BCUT2D eigenvalue weighted by Crippen LogP contribution is 2.45. The van der Waals surface area contributed by atoms with Gasteiger partial charge in [-0.1, -0.05) is 48.5 Å². The number of Topliss-reactive ketones (excluding diaryl/α,β-unsaturated/α-hetero) is 1. The molecule has 0 saturated carbocycles. The number of ether oxygens (including phenoxy) is 1. The molecular weight excluding hydrogens is 400 g/mol. The average Bonchev–Trinajstić information content (AvgIpc) is 3.28. The summed E-state index contributed by atoms with van der Waals surface area (Å²) in [5.41, 5.74) is 4.87. The lowest BCUT2D eigenvalue weighted by Crippen LogP contribution is -2.48. The number of carbonyl (C=O) groups is 2. The summed E-state index contributed by atoms with van der Waals surface area (Å²) in [6.07, 6.45) is 4.64. The van der Waals surface area contributed by atoms with Crippen molar-refractivity contribution in [2.75, 3.05) is 6.61 Å². The van der Waals surface area contributed by atoms with E-state index in [0.717, 1.165) is 25.7 Å². The van der Waals surface area contributed by atoms with E-state index in [1.165, 1.54) is 22.3 Å². The first kappa shape index (κ1) is 20.8. The Kier molecular flexibility index (Phi) is 5.70. The fourth-order valence-corrected chi connectivity index (χ4v) is 5.95. The van der Waals surface area contributed by atoms with Gasteiger partial charge in [0.05, 0.1) is 6.07 Å². The van der Waals surface area contributed by atoms with Crippen LogP contribution in [0.4, 0.5) is 4.79 Å². The summed E-state index contributed by atoms with van der Waals surface area (Å²) in [6, 6.07) is 19.0. The standard InChI is InChI=1S/C27H28N2O3/c28-14-6-5-11-26(30)18-15-19-12-13-20(16-18)29(19)27(31)32-17-25-23-9-3-1-7-21(23)22-8-2-4-10-24(22)25/h1-4,7-10,18-20,25H,5-6,11-13,15-17H2. The van der Waals surface area contributed by atoms with E-state index < -0.39 is 0 Å². The van der Waals surface area contributed by atoms with Gasteiger partial charge in [-0.2, -0.15) is 5.26 Å². The van der Waals surface area contributed by atoms with Crippen molar-refractivity contribution in [1.82, 2.24) is 4.90 Å². The van der Waals surface area contributed by atoms with Crippen molar-refractivity contribution in [2.45, 2.75) is 62.9 Å². The lowest BCUT2D eigenvalue weighted by molar-refractivity contribution is -0.125. The summed E-state index contributed by atoms with van der Waals surface area (Å²) in [6.45, 7) is 0.333. The van der Waals surface area contributed by atoms with Gasteiger partial charge in [0.2, 0.25) is 0 Å². The quantitative estimate of drug-likeness (QED) is 0.574. The number of hydrogen-bond acceptors (Lipinski definition) is 4. The maximum atomic E-state index is 13.1. The Bertz CT molecular complexity index is 1010. The Balaban J connectivity index is 1.24. The summed E-state index contributed by atoms with van der Waals surface area (Å²) >= 11 is 0. The lowest BCUT2D eigenvalue weighted by atomic mass is 9.86. The van der Waals surface area contributed by atoms with Gasteiger partial charge in [-0.25, -0.2) is 4.79 Å². The van der Waals surface area contributed by atoms with Crippen LogP contribution in [0.25, 0.3) is 11.1 Å². The van der Waals surface area contributed by atoms with E-state index in [9.17, 15) is 9.59 Å². The number of rotatable bonds is 6. The highest BCUT2D eigenvalue weighted by Gasteiger charge is 2.45. The van der Waals surface area contributed by atoms with E-state index in [1.54, 1.807) is 0 Å². The summed E-state index contributed by atoms with van der Waals surface area (Å²) in [5, 5.41) is 8.70. The van der Waals surface area contributed by atoms with Crippen LogP contribution in [0.3, 0.4) is 0 Å². The fraction of sp³-hybridized carbons (Fsp3) is 0.444. The zero-order chi connectivity index (χ0) is 22.1. The second-order valence-corrected chi connectivity index (χ2v) is 9.24. The van der Waals surface area contributed by atoms with Crippen LogP contribution < -0.4 is 0 Å². The van der Waals surface area contributed by atoms with Crippen molar-refractivity contribution in [3.05, 3.63) is 59.7 Å². The Labute approximate surface area is 189 Å². The number of hydrogen-bond donors (Lipinski definition) is 0. The fourth-order valence-electron chi connectivity index (χ4n) is 5.95. The molecule has 2 atom stereocenters. The molecule has 0 spiro atoms. The second-order valence-electron chi connectivity index (χ2n) is 9.24. The molecule has 32 heavy (non-hydrogen) atoms. The summed E-state index contributed by atoms with van der Waals surface area (Å²) in [7, 11) is 0. The number of unbranched alkanes of at least 4 members (excludes halogenated alkanes) is 1. The molecule has 1 aliphatic carbocycles. The van der Waals surface area contributed by atoms with E-state index in [0.29, 0.717) is 25.9 Å². The molecule has 2 unspecified atom stereocenters. The van der Waals surface area contributed by atoms with Crippen LogP contribution in [0.5, 0.6) is 0 Å². The van der Waals surface area contributed by atoms with E-state index in [1.807, 2.05) is 29.2 Å². The zero-order valence-corrected chi connectivity index (χ0v) is 18.2. The van der Waals surface area contributed by atoms with E-state index in [4.69, 9.17) is 10.00 Å². The number of fused-ring (bicyclic) bond motifs is 5. The third-order valence-electron chi connectivity index (χ3n) is 7.45. The van der Waals surface area contributed by atoms with Crippen LogP contribution in [0.2, 0.25) is 0 Å². The molecule has 5 heteroatoms. The van der Waals surface area contributed by atoms with Crippen LogP contribution in [-0.4, -0.2) is 35.5 Å². The van der Waals surface area contributed by atoms with Gasteiger partial charge in [-0.05, 0) is 54.4 Å². The molecule has 2 aromatic carbocycles. The molecule has 2 aliphatic heterocycles.